The second-order valence-electron chi connectivity index (χ2n) is 5.73. The van der Waals surface area contributed by atoms with Gasteiger partial charge in [0, 0.05) is 19.2 Å². The van der Waals surface area contributed by atoms with Crippen LogP contribution in [0.1, 0.15) is 46.0 Å². The molecule has 0 heterocycles. The van der Waals surface area contributed by atoms with Gasteiger partial charge in [0.2, 0.25) is 0 Å². The highest BCUT2D eigenvalue weighted by molar-refractivity contribution is 5.00. The van der Waals surface area contributed by atoms with E-state index in [1.54, 1.807) is 0 Å². The van der Waals surface area contributed by atoms with Gasteiger partial charge < -0.3 is 10.4 Å². The smallest absolute Gasteiger partial charge is 0.0436 e. The first kappa shape index (κ1) is 10.4. The summed E-state index contributed by atoms with van der Waals surface area (Å²) < 4.78 is 0. The molecule has 2 fully saturated rings. The van der Waals surface area contributed by atoms with E-state index in [9.17, 15) is 0 Å². The van der Waals surface area contributed by atoms with Gasteiger partial charge in [0.15, 0.2) is 0 Å². The van der Waals surface area contributed by atoms with Crippen LogP contribution in [0.4, 0.5) is 0 Å². The van der Waals surface area contributed by atoms with Crippen LogP contribution in [0.15, 0.2) is 0 Å². The summed E-state index contributed by atoms with van der Waals surface area (Å²) >= 11 is 0. The van der Waals surface area contributed by atoms with Crippen LogP contribution in [0.5, 0.6) is 0 Å². The highest BCUT2D eigenvalue weighted by Crippen LogP contribution is 2.50. The SMILES string of the molecule is CC(NCC1(CCO)CC1)C1(C)CC1. The van der Waals surface area contributed by atoms with Crippen LogP contribution in [-0.2, 0) is 0 Å². The van der Waals surface area contributed by atoms with E-state index in [4.69, 9.17) is 5.11 Å². The minimum absolute atomic E-state index is 0.354. The van der Waals surface area contributed by atoms with E-state index in [0.717, 1.165) is 13.0 Å². The van der Waals surface area contributed by atoms with E-state index >= 15 is 0 Å². The molecule has 2 N–H and O–H groups in total. The lowest BCUT2D eigenvalue weighted by atomic mass is 9.98. The molecule has 2 nitrogen and oxygen atoms in total. The average molecular weight is 197 g/mol. The molecule has 0 aromatic rings. The Bertz CT molecular complexity index is 206. The Kier molecular flexibility index (Phi) is 2.61. The Hall–Kier alpha value is -0.0800. The van der Waals surface area contributed by atoms with Crippen LogP contribution in [0, 0.1) is 10.8 Å². The molecular weight excluding hydrogens is 174 g/mol. The van der Waals surface area contributed by atoms with Crippen molar-refractivity contribution in [2.45, 2.75) is 52.0 Å². The average Bonchev–Trinajstić information content (AvgIpc) is 3.03. The van der Waals surface area contributed by atoms with Crippen LogP contribution >= 0.6 is 0 Å². The Morgan fingerprint density at radius 1 is 1.29 bits per heavy atom. The molecular formula is C12H23NO. The monoisotopic (exact) mass is 197 g/mol. The maximum atomic E-state index is 8.95. The summed E-state index contributed by atoms with van der Waals surface area (Å²) in [6.07, 6.45) is 6.37. The second kappa shape index (κ2) is 3.49. The normalized spacial score (nSPS) is 28.5. The van der Waals surface area contributed by atoms with Gasteiger partial charge in [-0.15, -0.1) is 0 Å². The first-order chi connectivity index (χ1) is 6.60. The molecule has 0 bridgehead atoms. The Morgan fingerprint density at radius 3 is 2.36 bits per heavy atom. The molecule has 1 atom stereocenters. The van der Waals surface area contributed by atoms with Crippen LogP contribution in [0.3, 0.4) is 0 Å². The lowest BCUT2D eigenvalue weighted by molar-refractivity contribution is 0.237. The van der Waals surface area contributed by atoms with E-state index < -0.39 is 0 Å². The van der Waals surface area contributed by atoms with E-state index in [2.05, 4.69) is 19.2 Å². The van der Waals surface area contributed by atoms with Gasteiger partial charge in [0.05, 0.1) is 0 Å². The van der Waals surface area contributed by atoms with Gasteiger partial charge in [-0.2, -0.15) is 0 Å². The lowest BCUT2D eigenvalue weighted by Crippen LogP contribution is -2.37. The predicted octanol–water partition coefficient (Wildman–Crippen LogP) is 1.93. The van der Waals surface area contributed by atoms with Crippen molar-refractivity contribution in [1.29, 1.82) is 0 Å². The van der Waals surface area contributed by atoms with E-state index in [0.29, 0.717) is 23.5 Å². The number of hydrogen-bond acceptors (Lipinski definition) is 2. The van der Waals surface area contributed by atoms with Crippen molar-refractivity contribution in [2.75, 3.05) is 13.2 Å². The van der Waals surface area contributed by atoms with E-state index in [-0.39, 0.29) is 0 Å². The first-order valence-corrected chi connectivity index (χ1v) is 5.95. The molecule has 0 aliphatic heterocycles. The highest BCUT2D eigenvalue weighted by Gasteiger charge is 2.45. The van der Waals surface area contributed by atoms with Gasteiger partial charge in [0.25, 0.3) is 0 Å². The molecule has 0 saturated heterocycles. The molecule has 82 valence electrons. The number of nitrogens with one attached hydrogen (secondary N) is 1. The fourth-order valence-corrected chi connectivity index (χ4v) is 2.18. The van der Waals surface area contributed by atoms with Crippen LogP contribution in [-0.4, -0.2) is 24.3 Å². The van der Waals surface area contributed by atoms with Gasteiger partial charge >= 0.3 is 0 Å². The Morgan fingerprint density at radius 2 is 1.93 bits per heavy atom. The largest absolute Gasteiger partial charge is 0.396 e. The van der Waals surface area contributed by atoms with E-state index in [1.807, 2.05) is 0 Å². The molecule has 2 aliphatic rings. The number of aliphatic hydroxyl groups excluding tert-OH is 1. The third kappa shape index (κ3) is 2.12. The molecule has 2 rings (SSSR count). The van der Waals surface area contributed by atoms with Gasteiger partial charge in [0.1, 0.15) is 0 Å². The standard InChI is InChI=1S/C12H23NO/c1-10(11(2)3-4-11)13-9-12(5-6-12)7-8-14/h10,13-14H,3-9H2,1-2H3. The third-order valence-corrected chi connectivity index (χ3v) is 4.47. The molecule has 2 heteroatoms. The quantitative estimate of drug-likeness (QED) is 0.682. The molecule has 2 aliphatic carbocycles. The molecule has 0 spiro atoms. The van der Waals surface area contributed by atoms with Crippen molar-refractivity contribution in [2.24, 2.45) is 10.8 Å². The van der Waals surface area contributed by atoms with Crippen molar-refractivity contribution in [3.63, 3.8) is 0 Å². The molecule has 2 saturated carbocycles. The van der Waals surface area contributed by atoms with Gasteiger partial charge in [-0.1, -0.05) is 6.92 Å². The third-order valence-electron chi connectivity index (χ3n) is 4.47. The molecule has 0 aromatic heterocycles. The second-order valence-corrected chi connectivity index (χ2v) is 5.73. The molecule has 1 unspecified atom stereocenters. The van der Waals surface area contributed by atoms with Gasteiger partial charge in [-0.25, -0.2) is 0 Å². The summed E-state index contributed by atoms with van der Waals surface area (Å²) in [6.45, 7) is 6.15. The number of hydrogen-bond donors (Lipinski definition) is 2. The predicted molar refractivity (Wildman–Crippen MR) is 58.2 cm³/mol. The summed E-state index contributed by atoms with van der Waals surface area (Å²) in [5.41, 5.74) is 1.05. The maximum Gasteiger partial charge on any atom is 0.0436 e. The van der Waals surface area contributed by atoms with Crippen molar-refractivity contribution < 1.29 is 5.11 Å². The van der Waals surface area contributed by atoms with Crippen molar-refractivity contribution in [3.05, 3.63) is 0 Å². The summed E-state index contributed by atoms with van der Waals surface area (Å²) in [4.78, 5) is 0. The lowest BCUT2D eigenvalue weighted by Gasteiger charge is -2.24. The molecule has 0 amide bonds. The fraction of sp³-hybridized carbons (Fsp3) is 1.00. The molecule has 0 radical (unpaired) electrons. The van der Waals surface area contributed by atoms with Gasteiger partial charge in [-0.05, 0) is 49.9 Å². The molecule has 14 heavy (non-hydrogen) atoms. The summed E-state index contributed by atoms with van der Waals surface area (Å²) in [7, 11) is 0. The zero-order valence-corrected chi connectivity index (χ0v) is 9.47. The topological polar surface area (TPSA) is 32.3 Å². The summed E-state index contributed by atoms with van der Waals surface area (Å²) in [5.74, 6) is 0. The van der Waals surface area contributed by atoms with Crippen molar-refractivity contribution in [3.8, 4) is 0 Å². The first-order valence-electron chi connectivity index (χ1n) is 5.95. The van der Waals surface area contributed by atoms with E-state index in [1.165, 1.54) is 25.7 Å². The Labute approximate surface area is 87.1 Å². The van der Waals surface area contributed by atoms with Crippen molar-refractivity contribution >= 4 is 0 Å². The molecule has 0 aromatic carbocycles. The van der Waals surface area contributed by atoms with Crippen molar-refractivity contribution in [1.82, 2.24) is 5.32 Å². The summed E-state index contributed by atoms with van der Waals surface area (Å²) in [5, 5.41) is 12.6. The highest BCUT2D eigenvalue weighted by atomic mass is 16.3. The zero-order valence-electron chi connectivity index (χ0n) is 9.47. The van der Waals surface area contributed by atoms with Gasteiger partial charge in [-0.3, -0.25) is 0 Å². The summed E-state index contributed by atoms with van der Waals surface area (Å²) in [6, 6.07) is 0.652. The minimum atomic E-state index is 0.354. The van der Waals surface area contributed by atoms with Crippen LogP contribution < -0.4 is 5.32 Å². The van der Waals surface area contributed by atoms with Crippen LogP contribution in [0.25, 0.3) is 0 Å². The Balaban J connectivity index is 1.71. The zero-order chi connectivity index (χ0) is 10.2. The maximum absolute atomic E-state index is 8.95. The number of rotatable bonds is 6. The fourth-order valence-electron chi connectivity index (χ4n) is 2.18. The minimum Gasteiger partial charge on any atom is -0.396 e. The van der Waals surface area contributed by atoms with Crippen LogP contribution in [0.2, 0.25) is 0 Å². The number of aliphatic hydroxyl groups is 1.